The van der Waals surface area contributed by atoms with E-state index in [0.29, 0.717) is 5.92 Å². The monoisotopic (exact) mass is 281 g/mol. The maximum Gasteiger partial charge on any atom is 0.239 e. The van der Waals surface area contributed by atoms with Crippen molar-refractivity contribution in [3.05, 3.63) is 54.1 Å². The Morgan fingerprint density at radius 2 is 1.76 bits per heavy atom. The van der Waals surface area contributed by atoms with Crippen molar-refractivity contribution in [1.29, 1.82) is 0 Å². The van der Waals surface area contributed by atoms with Crippen LogP contribution in [0.3, 0.4) is 0 Å². The number of phenolic OH excluding ortho intramolecular Hbond substituents is 1. The Hall–Kier alpha value is -2.29. The molecule has 108 valence electrons. The number of nitrogens with zero attached hydrogens (tertiary/aromatic N) is 1. The molecule has 0 saturated heterocycles. The van der Waals surface area contributed by atoms with Crippen molar-refractivity contribution < 1.29 is 9.90 Å². The van der Waals surface area contributed by atoms with E-state index in [1.54, 1.807) is 29.2 Å². The standard InChI is InChI=1S/C18H19NO2/c1-12(2)11-16-15-5-3-4-6-17(15)19(18(16)21)13-7-9-14(20)10-8-13/h3-10,12,16,20H,11H2,1-2H3. The molecule has 0 bridgehead atoms. The summed E-state index contributed by atoms with van der Waals surface area (Å²) in [6.07, 6.45) is 0.852. The molecule has 3 nitrogen and oxygen atoms in total. The van der Waals surface area contributed by atoms with E-state index in [2.05, 4.69) is 13.8 Å². The van der Waals surface area contributed by atoms with Crippen molar-refractivity contribution >= 4 is 17.3 Å². The van der Waals surface area contributed by atoms with Gasteiger partial charge in [0.15, 0.2) is 0 Å². The highest BCUT2D eigenvalue weighted by molar-refractivity contribution is 6.10. The lowest BCUT2D eigenvalue weighted by molar-refractivity contribution is -0.118. The van der Waals surface area contributed by atoms with E-state index in [-0.39, 0.29) is 17.6 Å². The minimum atomic E-state index is -0.0741. The van der Waals surface area contributed by atoms with Gasteiger partial charge in [0.25, 0.3) is 0 Å². The number of carbonyl (C=O) groups excluding carboxylic acids is 1. The third-order valence-corrected chi connectivity index (χ3v) is 3.89. The van der Waals surface area contributed by atoms with E-state index in [0.717, 1.165) is 23.4 Å². The number of benzene rings is 2. The largest absolute Gasteiger partial charge is 0.508 e. The molecular formula is C18H19NO2. The van der Waals surface area contributed by atoms with E-state index in [9.17, 15) is 9.90 Å². The number of para-hydroxylation sites is 1. The van der Waals surface area contributed by atoms with Crippen molar-refractivity contribution in [3.8, 4) is 5.75 Å². The van der Waals surface area contributed by atoms with Crippen LogP contribution < -0.4 is 4.90 Å². The van der Waals surface area contributed by atoms with Crippen LogP contribution in [0.4, 0.5) is 11.4 Å². The molecule has 0 spiro atoms. The van der Waals surface area contributed by atoms with E-state index < -0.39 is 0 Å². The minimum Gasteiger partial charge on any atom is -0.508 e. The van der Waals surface area contributed by atoms with Crippen LogP contribution in [0, 0.1) is 5.92 Å². The molecule has 1 N–H and O–H groups in total. The molecule has 3 heteroatoms. The summed E-state index contributed by atoms with van der Waals surface area (Å²) in [5.41, 5.74) is 2.86. The van der Waals surface area contributed by atoms with Gasteiger partial charge in [0.1, 0.15) is 5.75 Å². The average molecular weight is 281 g/mol. The Labute approximate surface area is 124 Å². The number of carbonyl (C=O) groups is 1. The Morgan fingerprint density at radius 3 is 2.43 bits per heavy atom. The second-order valence-electron chi connectivity index (χ2n) is 5.93. The predicted octanol–water partition coefficient (Wildman–Crippen LogP) is 4.20. The summed E-state index contributed by atoms with van der Waals surface area (Å²) < 4.78 is 0. The van der Waals surface area contributed by atoms with E-state index in [4.69, 9.17) is 0 Å². The van der Waals surface area contributed by atoms with Gasteiger partial charge in [-0.2, -0.15) is 0 Å². The second kappa shape index (κ2) is 5.24. The van der Waals surface area contributed by atoms with Gasteiger partial charge >= 0.3 is 0 Å². The summed E-state index contributed by atoms with van der Waals surface area (Å²) in [6.45, 7) is 4.28. The van der Waals surface area contributed by atoms with Crippen LogP contribution in [0.25, 0.3) is 0 Å². The normalized spacial score (nSPS) is 17.4. The van der Waals surface area contributed by atoms with Gasteiger partial charge in [0, 0.05) is 5.69 Å². The van der Waals surface area contributed by atoms with Crippen LogP contribution in [0.2, 0.25) is 0 Å². The smallest absolute Gasteiger partial charge is 0.239 e. The zero-order valence-electron chi connectivity index (χ0n) is 12.3. The molecular weight excluding hydrogens is 262 g/mol. The van der Waals surface area contributed by atoms with Crippen LogP contribution in [0.15, 0.2) is 48.5 Å². The van der Waals surface area contributed by atoms with Crippen LogP contribution in [0.1, 0.15) is 31.7 Å². The molecule has 1 heterocycles. The topological polar surface area (TPSA) is 40.5 Å². The summed E-state index contributed by atoms with van der Waals surface area (Å²) in [4.78, 5) is 14.6. The number of rotatable bonds is 3. The number of phenols is 1. The first-order chi connectivity index (χ1) is 10.1. The Bertz CT molecular complexity index is 661. The molecule has 3 rings (SSSR count). The number of amides is 1. The van der Waals surface area contributed by atoms with Gasteiger partial charge in [-0.25, -0.2) is 0 Å². The third-order valence-electron chi connectivity index (χ3n) is 3.89. The Morgan fingerprint density at radius 1 is 1.10 bits per heavy atom. The van der Waals surface area contributed by atoms with Crippen molar-refractivity contribution in [2.24, 2.45) is 5.92 Å². The molecule has 0 radical (unpaired) electrons. The molecule has 1 atom stereocenters. The molecule has 0 aromatic heterocycles. The first-order valence-electron chi connectivity index (χ1n) is 7.30. The highest BCUT2D eigenvalue weighted by atomic mass is 16.3. The molecule has 0 aliphatic carbocycles. The van der Waals surface area contributed by atoms with Crippen LogP contribution in [-0.4, -0.2) is 11.0 Å². The van der Waals surface area contributed by atoms with Crippen LogP contribution in [-0.2, 0) is 4.79 Å². The molecule has 2 aromatic rings. The van der Waals surface area contributed by atoms with Crippen molar-refractivity contribution in [2.45, 2.75) is 26.2 Å². The number of anilines is 2. The third kappa shape index (κ3) is 2.40. The van der Waals surface area contributed by atoms with Crippen molar-refractivity contribution in [3.63, 3.8) is 0 Å². The zero-order chi connectivity index (χ0) is 15.0. The Kier molecular flexibility index (Phi) is 3.42. The maximum absolute atomic E-state index is 12.8. The average Bonchev–Trinajstić information content (AvgIpc) is 2.73. The van der Waals surface area contributed by atoms with E-state index >= 15 is 0 Å². The number of hydrogen-bond acceptors (Lipinski definition) is 2. The highest BCUT2D eigenvalue weighted by Gasteiger charge is 2.37. The summed E-state index contributed by atoms with van der Waals surface area (Å²) in [7, 11) is 0. The van der Waals surface area contributed by atoms with E-state index in [1.807, 2.05) is 24.3 Å². The number of hydrogen-bond donors (Lipinski definition) is 1. The van der Waals surface area contributed by atoms with E-state index in [1.165, 1.54) is 0 Å². The fourth-order valence-electron chi connectivity index (χ4n) is 2.96. The molecule has 1 amide bonds. The molecule has 1 aliphatic heterocycles. The fourth-order valence-corrected chi connectivity index (χ4v) is 2.96. The summed E-state index contributed by atoms with van der Waals surface area (Å²) in [5, 5.41) is 9.43. The number of fused-ring (bicyclic) bond motifs is 1. The van der Waals surface area contributed by atoms with Gasteiger partial charge in [-0.15, -0.1) is 0 Å². The van der Waals surface area contributed by atoms with Gasteiger partial charge in [-0.1, -0.05) is 32.0 Å². The van der Waals surface area contributed by atoms with Gasteiger partial charge in [0.05, 0.1) is 11.6 Å². The van der Waals surface area contributed by atoms with Gasteiger partial charge < -0.3 is 5.11 Å². The zero-order valence-corrected chi connectivity index (χ0v) is 12.3. The summed E-state index contributed by atoms with van der Waals surface area (Å²) in [6, 6.07) is 14.8. The second-order valence-corrected chi connectivity index (χ2v) is 5.93. The molecule has 2 aromatic carbocycles. The Balaban J connectivity index is 2.06. The van der Waals surface area contributed by atoms with Crippen molar-refractivity contribution in [2.75, 3.05) is 4.90 Å². The highest BCUT2D eigenvalue weighted by Crippen LogP contribution is 2.44. The quantitative estimate of drug-likeness (QED) is 0.916. The molecule has 0 fully saturated rings. The summed E-state index contributed by atoms with van der Waals surface area (Å²) >= 11 is 0. The maximum atomic E-state index is 12.8. The first kappa shape index (κ1) is 13.7. The minimum absolute atomic E-state index is 0.0741. The summed E-state index contributed by atoms with van der Waals surface area (Å²) in [5.74, 6) is 0.717. The molecule has 1 unspecified atom stereocenters. The SMILES string of the molecule is CC(C)CC1C(=O)N(c2ccc(O)cc2)c2ccccc21. The van der Waals surface area contributed by atoms with Crippen LogP contribution in [0.5, 0.6) is 5.75 Å². The van der Waals surface area contributed by atoms with Gasteiger partial charge in [0.2, 0.25) is 5.91 Å². The fraction of sp³-hybridized carbons (Fsp3) is 0.278. The molecule has 21 heavy (non-hydrogen) atoms. The lowest BCUT2D eigenvalue weighted by atomic mass is 9.91. The van der Waals surface area contributed by atoms with Gasteiger partial charge in [-0.3, -0.25) is 9.69 Å². The van der Waals surface area contributed by atoms with Gasteiger partial charge in [-0.05, 0) is 48.2 Å². The van der Waals surface area contributed by atoms with Crippen molar-refractivity contribution in [1.82, 2.24) is 0 Å². The number of aromatic hydroxyl groups is 1. The molecule has 0 saturated carbocycles. The molecule has 1 aliphatic rings. The lowest BCUT2D eigenvalue weighted by Crippen LogP contribution is -2.24. The van der Waals surface area contributed by atoms with Crippen LogP contribution >= 0.6 is 0 Å². The lowest BCUT2D eigenvalue weighted by Gasteiger charge is -2.18. The predicted molar refractivity (Wildman–Crippen MR) is 83.9 cm³/mol. The first-order valence-corrected chi connectivity index (χ1v) is 7.30.